The molecule has 0 saturated heterocycles. The molecule has 0 saturated carbocycles. The van der Waals surface area contributed by atoms with Crippen LogP contribution in [0.4, 0.5) is 9.59 Å². The van der Waals surface area contributed by atoms with Gasteiger partial charge in [0.1, 0.15) is 16.1 Å². The van der Waals surface area contributed by atoms with E-state index in [1.807, 2.05) is 41.5 Å². The largest absolute Gasteiger partial charge is 0.465 e. The van der Waals surface area contributed by atoms with Gasteiger partial charge in [-0.15, -0.1) is 0 Å². The highest BCUT2D eigenvalue weighted by Gasteiger charge is 2.44. The fourth-order valence-electron chi connectivity index (χ4n) is 4.84. The van der Waals surface area contributed by atoms with E-state index < -0.39 is 78.2 Å². The summed E-state index contributed by atoms with van der Waals surface area (Å²) in [5, 5.41) is 5.41. The number of sulfonamides is 2. The number of hydrogen-bond acceptors (Lipinski definition) is 11. The molecule has 2 aromatic carbocycles. The molecule has 0 aromatic heterocycles. The molecule has 54 heavy (non-hydrogen) atoms. The Bertz CT molecular complexity index is 1900. The Morgan fingerprint density at radius 1 is 0.741 bits per heavy atom. The molecule has 1 aliphatic heterocycles. The van der Waals surface area contributed by atoms with E-state index in [0.29, 0.717) is 0 Å². The number of esters is 1. The summed E-state index contributed by atoms with van der Waals surface area (Å²) in [5.41, 5.74) is -2.23. The highest BCUT2D eigenvalue weighted by atomic mass is 32.2. The van der Waals surface area contributed by atoms with Crippen molar-refractivity contribution >= 4 is 44.1 Å². The highest BCUT2D eigenvalue weighted by molar-refractivity contribution is 7.90. The lowest BCUT2D eigenvalue weighted by atomic mass is 9.86. The van der Waals surface area contributed by atoms with Crippen molar-refractivity contribution in [3.05, 3.63) is 59.7 Å². The van der Waals surface area contributed by atoms with E-state index in [0.717, 1.165) is 4.31 Å². The molecule has 1 aliphatic rings. The van der Waals surface area contributed by atoms with Crippen molar-refractivity contribution in [2.24, 2.45) is 10.8 Å². The van der Waals surface area contributed by atoms with Crippen LogP contribution in [-0.4, -0.2) is 88.7 Å². The minimum absolute atomic E-state index is 0.00470. The predicted octanol–water partition coefficient (Wildman–Crippen LogP) is 5.46. The molecule has 17 heteroatoms. The summed E-state index contributed by atoms with van der Waals surface area (Å²) in [6.07, 6.45) is -1.29. The van der Waals surface area contributed by atoms with E-state index in [1.54, 1.807) is 59.7 Å². The molecule has 15 nitrogen and oxygen atoms in total. The van der Waals surface area contributed by atoms with Gasteiger partial charge in [0, 0.05) is 6.54 Å². The van der Waals surface area contributed by atoms with Crippen molar-refractivity contribution in [1.29, 1.82) is 0 Å². The molecular weight excluding hydrogens is 741 g/mol. The quantitative estimate of drug-likeness (QED) is 0.215. The second-order valence-corrected chi connectivity index (χ2v) is 20.4. The van der Waals surface area contributed by atoms with E-state index in [9.17, 15) is 36.0 Å². The molecule has 0 spiro atoms. The predicted molar refractivity (Wildman–Crippen MR) is 203 cm³/mol. The molecule has 2 atom stereocenters. The summed E-state index contributed by atoms with van der Waals surface area (Å²) in [6, 6.07) is 10.7. The van der Waals surface area contributed by atoms with Crippen LogP contribution < -0.4 is 15.4 Å². The first-order valence-electron chi connectivity index (χ1n) is 17.2. The van der Waals surface area contributed by atoms with Gasteiger partial charge in [0.05, 0.1) is 41.8 Å². The number of rotatable bonds is 9. The van der Waals surface area contributed by atoms with Crippen LogP contribution in [-0.2, 0) is 34.3 Å². The molecular formula is C37H56N4O11S2. The van der Waals surface area contributed by atoms with Gasteiger partial charge in [0.25, 0.3) is 15.9 Å². The molecule has 3 N–H and O–H groups in total. The number of fused-ring (bicyclic) bond motifs is 1. The summed E-state index contributed by atoms with van der Waals surface area (Å²) >= 11 is 0. The minimum atomic E-state index is -4.02. The van der Waals surface area contributed by atoms with Gasteiger partial charge in [0.15, 0.2) is 0 Å². The molecule has 3 rings (SSSR count). The Kier molecular flexibility index (Phi) is 14.5. The average molecular weight is 797 g/mol. The van der Waals surface area contributed by atoms with Gasteiger partial charge in [-0.1, -0.05) is 65.8 Å². The second kappa shape index (κ2) is 17.1. The number of methoxy groups -OCH3 is 1. The monoisotopic (exact) mass is 796 g/mol. The Hall–Kier alpha value is -4.22. The van der Waals surface area contributed by atoms with Crippen LogP contribution in [0.25, 0.3) is 0 Å². The zero-order valence-electron chi connectivity index (χ0n) is 33.4. The summed E-state index contributed by atoms with van der Waals surface area (Å²) in [4.78, 5) is 48.6. The molecule has 3 amide bonds. The van der Waals surface area contributed by atoms with E-state index in [4.69, 9.17) is 9.47 Å². The van der Waals surface area contributed by atoms with Crippen LogP contribution >= 0.6 is 0 Å². The number of alkyl carbamates (subject to hydrolysis) is 2. The lowest BCUT2D eigenvalue weighted by Gasteiger charge is -2.34. The number of hydrogen-bond donors (Lipinski definition) is 3. The smallest absolute Gasteiger partial charge is 0.407 e. The summed E-state index contributed by atoms with van der Waals surface area (Å²) < 4.78 is 69.4. The topological polar surface area (TPSA) is 204 Å². The van der Waals surface area contributed by atoms with Crippen molar-refractivity contribution in [2.45, 2.75) is 116 Å². The Morgan fingerprint density at radius 3 is 1.67 bits per heavy atom. The maximum absolute atomic E-state index is 12.8. The van der Waals surface area contributed by atoms with Crippen LogP contribution in [0.2, 0.25) is 0 Å². The van der Waals surface area contributed by atoms with Crippen LogP contribution in [0.1, 0.15) is 104 Å². The molecule has 0 radical (unpaired) electrons. The van der Waals surface area contributed by atoms with E-state index >= 15 is 0 Å². The van der Waals surface area contributed by atoms with Crippen molar-refractivity contribution < 1.29 is 50.2 Å². The van der Waals surface area contributed by atoms with Gasteiger partial charge in [-0.3, -0.25) is 4.79 Å². The first-order chi connectivity index (χ1) is 24.4. The normalized spacial score (nSPS) is 15.5. The van der Waals surface area contributed by atoms with Crippen LogP contribution in [0.15, 0.2) is 58.3 Å². The Balaban J connectivity index is 0.000000374. The zero-order valence-corrected chi connectivity index (χ0v) is 35.1. The maximum Gasteiger partial charge on any atom is 0.407 e. The van der Waals surface area contributed by atoms with Gasteiger partial charge < -0.3 is 24.8 Å². The molecule has 0 unspecified atom stereocenters. The number of nitrogens with one attached hydrogen (secondary N) is 3. The summed E-state index contributed by atoms with van der Waals surface area (Å²) in [7, 11) is -6.77. The molecule has 0 aliphatic carbocycles. The number of carbonyl (C=O) groups excluding carboxylic acids is 4. The third-order valence-corrected chi connectivity index (χ3v) is 11.1. The molecule has 0 fully saturated rings. The van der Waals surface area contributed by atoms with Crippen molar-refractivity contribution in [3.63, 3.8) is 0 Å². The van der Waals surface area contributed by atoms with E-state index in [1.165, 1.54) is 37.4 Å². The number of carbonyl (C=O) groups is 4. The molecule has 0 bridgehead atoms. The Morgan fingerprint density at radius 2 is 1.20 bits per heavy atom. The van der Waals surface area contributed by atoms with Crippen LogP contribution in [0, 0.1) is 10.8 Å². The number of ether oxygens (including phenoxy) is 3. The van der Waals surface area contributed by atoms with Crippen molar-refractivity contribution in [3.8, 4) is 0 Å². The van der Waals surface area contributed by atoms with Crippen LogP contribution in [0.5, 0.6) is 0 Å². The lowest BCUT2D eigenvalue weighted by Crippen LogP contribution is -2.52. The van der Waals surface area contributed by atoms with Gasteiger partial charge in [-0.2, -0.15) is 0 Å². The van der Waals surface area contributed by atoms with Gasteiger partial charge >= 0.3 is 18.2 Å². The third kappa shape index (κ3) is 13.0. The summed E-state index contributed by atoms with van der Waals surface area (Å²) in [5.74, 6) is -1.33. The first kappa shape index (κ1) is 45.9. The number of benzene rings is 2. The fourth-order valence-corrected chi connectivity index (χ4v) is 7.66. The molecule has 302 valence electrons. The SMILES string of the molecule is CC(C)(C)OC(=O)N[C@H](CN1C(=O)c2ccccc2S1(=O)=O)C(C)(C)C.COC(=O)c1ccccc1S(=O)(=O)NC[C@@H](NC(=O)OC(C)(C)C)C(C)(C)C. The minimum Gasteiger partial charge on any atom is -0.465 e. The standard InChI is InChI=1S/C19H30N2O6S.C18H26N2O5S/c1-18(2,3)15(21-17(23)27-19(4,5)6)12-20-28(24,25)14-11-9-8-10-13(14)16(22)26-7;1-17(2,3)14(19-16(22)25-18(4,5)6)11-20-15(21)12-9-7-8-10-13(12)26(20,23)24/h8-11,15,20H,12H2,1-7H3,(H,21,23);7-10,14H,11H2,1-6H3,(H,19,22)/t15-;14-/m11/s1. The van der Waals surface area contributed by atoms with Gasteiger partial charge in [-0.05, 0) is 76.6 Å². The zero-order chi connectivity index (χ0) is 41.7. The molecule has 1 heterocycles. The van der Waals surface area contributed by atoms with Crippen molar-refractivity contribution in [2.75, 3.05) is 20.2 Å². The van der Waals surface area contributed by atoms with Gasteiger partial charge in [-0.25, -0.2) is 40.2 Å². The lowest BCUT2D eigenvalue weighted by molar-refractivity contribution is 0.0443. The first-order valence-corrected chi connectivity index (χ1v) is 20.1. The second-order valence-electron chi connectivity index (χ2n) is 16.8. The fraction of sp³-hybridized carbons (Fsp3) is 0.568. The maximum atomic E-state index is 12.8. The summed E-state index contributed by atoms with van der Waals surface area (Å²) in [6.45, 7) is 21.4. The van der Waals surface area contributed by atoms with E-state index in [2.05, 4.69) is 20.1 Å². The number of amides is 3. The third-order valence-electron chi connectivity index (χ3n) is 7.79. The highest BCUT2D eigenvalue weighted by Crippen LogP contribution is 2.32. The molecule has 2 aromatic rings. The van der Waals surface area contributed by atoms with E-state index in [-0.39, 0.29) is 34.0 Å². The van der Waals surface area contributed by atoms with Crippen molar-refractivity contribution in [1.82, 2.24) is 19.7 Å². The van der Waals surface area contributed by atoms with Gasteiger partial charge in [0.2, 0.25) is 10.0 Å². The number of nitrogens with zero attached hydrogens (tertiary/aromatic N) is 1. The average Bonchev–Trinajstić information content (AvgIpc) is 3.20. The Labute approximate surface area is 320 Å². The van der Waals surface area contributed by atoms with Crippen LogP contribution in [0.3, 0.4) is 0 Å².